The summed E-state index contributed by atoms with van der Waals surface area (Å²) >= 11 is 0. The summed E-state index contributed by atoms with van der Waals surface area (Å²) in [6, 6.07) is 1.96. The lowest BCUT2D eigenvalue weighted by atomic mass is 10.0. The zero-order chi connectivity index (χ0) is 12.4. The number of pyridine rings is 1. The van der Waals surface area contributed by atoms with Crippen LogP contribution in [0.25, 0.3) is 11.1 Å². The van der Waals surface area contributed by atoms with Crippen molar-refractivity contribution in [2.45, 2.75) is 26.7 Å². The van der Waals surface area contributed by atoms with Gasteiger partial charge in [0.05, 0.1) is 11.4 Å². The molecule has 0 unspecified atom stereocenters. The van der Waals surface area contributed by atoms with E-state index in [4.69, 9.17) is 5.73 Å². The molecule has 0 atom stereocenters. The summed E-state index contributed by atoms with van der Waals surface area (Å²) in [7, 11) is 1.99. The Balaban J connectivity index is 2.64. The molecule has 0 radical (unpaired) electrons. The summed E-state index contributed by atoms with van der Waals surface area (Å²) in [6.07, 6.45) is 5.38. The highest BCUT2D eigenvalue weighted by atomic mass is 15.3. The van der Waals surface area contributed by atoms with Gasteiger partial charge in [0.1, 0.15) is 0 Å². The van der Waals surface area contributed by atoms with Gasteiger partial charge in [0.2, 0.25) is 0 Å². The third-order valence-corrected chi connectivity index (χ3v) is 2.96. The van der Waals surface area contributed by atoms with E-state index in [-0.39, 0.29) is 0 Å². The van der Waals surface area contributed by atoms with Crippen molar-refractivity contribution >= 4 is 5.69 Å². The molecule has 0 aliphatic heterocycles. The van der Waals surface area contributed by atoms with Gasteiger partial charge in [0.15, 0.2) is 0 Å². The molecule has 0 spiro atoms. The lowest BCUT2D eigenvalue weighted by molar-refractivity contribution is 0.705. The predicted molar refractivity (Wildman–Crippen MR) is 69.6 cm³/mol. The van der Waals surface area contributed by atoms with Crippen molar-refractivity contribution < 1.29 is 0 Å². The zero-order valence-corrected chi connectivity index (χ0v) is 10.6. The Labute approximate surface area is 101 Å². The summed E-state index contributed by atoms with van der Waals surface area (Å²) in [4.78, 5) is 4.16. The van der Waals surface area contributed by atoms with Crippen LogP contribution >= 0.6 is 0 Å². The smallest absolute Gasteiger partial charge is 0.0703 e. The highest BCUT2D eigenvalue weighted by molar-refractivity contribution is 5.70. The molecule has 2 N–H and O–H groups in total. The first-order chi connectivity index (χ1) is 8.17. The molecule has 0 aliphatic carbocycles. The molecule has 4 nitrogen and oxygen atoms in total. The second-order valence-electron chi connectivity index (χ2n) is 4.11. The Morgan fingerprint density at radius 3 is 2.59 bits per heavy atom. The van der Waals surface area contributed by atoms with Crippen LogP contribution in [0.3, 0.4) is 0 Å². The van der Waals surface area contributed by atoms with Crippen LogP contribution in [-0.4, -0.2) is 14.8 Å². The molecule has 17 heavy (non-hydrogen) atoms. The second kappa shape index (κ2) is 4.57. The summed E-state index contributed by atoms with van der Waals surface area (Å²) in [5.41, 5.74) is 11.1. The van der Waals surface area contributed by atoms with Crippen LogP contribution in [0.2, 0.25) is 0 Å². The first kappa shape index (κ1) is 11.6. The third-order valence-electron chi connectivity index (χ3n) is 2.96. The fourth-order valence-corrected chi connectivity index (χ4v) is 2.20. The number of anilines is 1. The predicted octanol–water partition coefficient (Wildman–Crippen LogP) is 2.19. The van der Waals surface area contributed by atoms with E-state index in [0.29, 0.717) is 5.69 Å². The Bertz CT molecular complexity index is 528. The van der Waals surface area contributed by atoms with E-state index in [1.807, 2.05) is 24.0 Å². The molecular weight excluding hydrogens is 212 g/mol. The summed E-state index contributed by atoms with van der Waals surface area (Å²) < 4.78 is 1.96. The van der Waals surface area contributed by atoms with Crippen LogP contribution in [0.5, 0.6) is 0 Å². The Morgan fingerprint density at radius 2 is 2.00 bits per heavy atom. The fraction of sp³-hybridized carbons (Fsp3) is 0.385. The fourth-order valence-electron chi connectivity index (χ4n) is 2.20. The maximum Gasteiger partial charge on any atom is 0.0703 e. The molecule has 0 aliphatic rings. The van der Waals surface area contributed by atoms with Crippen LogP contribution in [-0.2, 0) is 19.9 Å². The topological polar surface area (TPSA) is 56.7 Å². The van der Waals surface area contributed by atoms with Gasteiger partial charge in [-0.2, -0.15) is 5.10 Å². The molecule has 0 saturated carbocycles. The molecule has 0 saturated heterocycles. The highest BCUT2D eigenvalue weighted by Gasteiger charge is 2.15. The number of hydrogen-bond acceptors (Lipinski definition) is 3. The van der Waals surface area contributed by atoms with Crippen LogP contribution < -0.4 is 5.73 Å². The standard InChI is InChI=1S/C13H18N4/c1-4-11-13(12(5-2)17(3)16-11)9-6-10(14)8-15-7-9/h6-8H,4-5,14H2,1-3H3. The maximum atomic E-state index is 5.80. The summed E-state index contributed by atoms with van der Waals surface area (Å²) in [5, 5.41) is 4.55. The minimum Gasteiger partial charge on any atom is -0.397 e. The van der Waals surface area contributed by atoms with E-state index in [1.165, 1.54) is 11.3 Å². The van der Waals surface area contributed by atoms with Crippen molar-refractivity contribution in [3.63, 3.8) is 0 Å². The molecule has 4 heteroatoms. The van der Waals surface area contributed by atoms with E-state index >= 15 is 0 Å². The van der Waals surface area contributed by atoms with Gasteiger partial charge >= 0.3 is 0 Å². The highest BCUT2D eigenvalue weighted by Crippen LogP contribution is 2.28. The Hall–Kier alpha value is -1.84. The molecule has 2 heterocycles. The van der Waals surface area contributed by atoms with E-state index in [2.05, 4.69) is 23.9 Å². The minimum atomic E-state index is 0.690. The van der Waals surface area contributed by atoms with Crippen molar-refractivity contribution in [3.05, 3.63) is 29.8 Å². The van der Waals surface area contributed by atoms with Crippen LogP contribution in [0, 0.1) is 0 Å². The molecule has 0 amide bonds. The van der Waals surface area contributed by atoms with Gasteiger partial charge in [-0.25, -0.2) is 0 Å². The number of aryl methyl sites for hydroxylation is 2. The van der Waals surface area contributed by atoms with Crippen molar-refractivity contribution in [1.29, 1.82) is 0 Å². The van der Waals surface area contributed by atoms with E-state index in [0.717, 1.165) is 24.1 Å². The van der Waals surface area contributed by atoms with Gasteiger partial charge in [0.25, 0.3) is 0 Å². The third kappa shape index (κ3) is 2.02. The van der Waals surface area contributed by atoms with E-state index in [9.17, 15) is 0 Å². The van der Waals surface area contributed by atoms with Gasteiger partial charge in [0, 0.05) is 36.3 Å². The number of rotatable bonds is 3. The molecule has 2 aromatic heterocycles. The first-order valence-corrected chi connectivity index (χ1v) is 5.93. The molecule has 90 valence electrons. The molecular formula is C13H18N4. The van der Waals surface area contributed by atoms with Crippen molar-refractivity contribution in [3.8, 4) is 11.1 Å². The monoisotopic (exact) mass is 230 g/mol. The summed E-state index contributed by atoms with van der Waals surface area (Å²) in [6.45, 7) is 4.25. The molecule has 2 aromatic rings. The average Bonchev–Trinajstić information content (AvgIpc) is 2.65. The second-order valence-corrected chi connectivity index (χ2v) is 4.11. The Kier molecular flexibility index (Phi) is 3.13. The quantitative estimate of drug-likeness (QED) is 0.879. The number of hydrogen-bond donors (Lipinski definition) is 1. The van der Waals surface area contributed by atoms with Crippen LogP contribution in [0.15, 0.2) is 18.5 Å². The molecule has 0 bridgehead atoms. The van der Waals surface area contributed by atoms with Crippen LogP contribution in [0.1, 0.15) is 25.2 Å². The zero-order valence-electron chi connectivity index (χ0n) is 10.6. The molecule has 0 aromatic carbocycles. The summed E-state index contributed by atoms with van der Waals surface area (Å²) in [5.74, 6) is 0. The molecule has 2 rings (SSSR count). The largest absolute Gasteiger partial charge is 0.397 e. The van der Waals surface area contributed by atoms with Crippen molar-refractivity contribution in [1.82, 2.24) is 14.8 Å². The number of nitrogens with zero attached hydrogens (tertiary/aromatic N) is 3. The maximum absolute atomic E-state index is 5.80. The number of nitrogen functional groups attached to an aromatic ring is 1. The first-order valence-electron chi connectivity index (χ1n) is 5.93. The Morgan fingerprint density at radius 1 is 1.24 bits per heavy atom. The van der Waals surface area contributed by atoms with Crippen molar-refractivity contribution in [2.24, 2.45) is 7.05 Å². The van der Waals surface area contributed by atoms with Crippen LogP contribution in [0.4, 0.5) is 5.69 Å². The minimum absolute atomic E-state index is 0.690. The SMILES string of the molecule is CCc1nn(C)c(CC)c1-c1cncc(N)c1. The van der Waals surface area contributed by atoms with E-state index < -0.39 is 0 Å². The van der Waals surface area contributed by atoms with Gasteiger partial charge < -0.3 is 5.73 Å². The lowest BCUT2D eigenvalue weighted by Crippen LogP contribution is -1.97. The van der Waals surface area contributed by atoms with Crippen molar-refractivity contribution in [2.75, 3.05) is 5.73 Å². The lowest BCUT2D eigenvalue weighted by Gasteiger charge is -2.05. The average molecular weight is 230 g/mol. The van der Waals surface area contributed by atoms with E-state index in [1.54, 1.807) is 6.20 Å². The number of nitrogens with two attached hydrogens (primary N) is 1. The van der Waals surface area contributed by atoms with Gasteiger partial charge in [-0.05, 0) is 18.9 Å². The van der Waals surface area contributed by atoms with Gasteiger partial charge in [-0.3, -0.25) is 9.67 Å². The van der Waals surface area contributed by atoms with Gasteiger partial charge in [-0.1, -0.05) is 13.8 Å². The normalized spacial score (nSPS) is 10.8. The molecule has 0 fully saturated rings. The van der Waals surface area contributed by atoms with Gasteiger partial charge in [-0.15, -0.1) is 0 Å². The number of aromatic nitrogens is 3.